The molecule has 7 heteroatoms. The van der Waals surface area contributed by atoms with Crippen molar-refractivity contribution in [1.82, 2.24) is 15.0 Å². The summed E-state index contributed by atoms with van der Waals surface area (Å²) in [4.78, 5) is 25.5. The number of hydrogen-bond donors (Lipinski definition) is 1. The van der Waals surface area contributed by atoms with Crippen molar-refractivity contribution in [2.75, 3.05) is 5.32 Å². The lowest BCUT2D eigenvalue weighted by Crippen LogP contribution is -2.13. The minimum Gasteiger partial charge on any atom is -0.296 e. The van der Waals surface area contributed by atoms with E-state index in [0.717, 1.165) is 16.3 Å². The van der Waals surface area contributed by atoms with Crippen LogP contribution in [0.5, 0.6) is 0 Å². The molecule has 0 fully saturated rings. The molecule has 0 bridgehead atoms. The van der Waals surface area contributed by atoms with Crippen LogP contribution in [0.1, 0.15) is 16.2 Å². The molecular formula is C13H10N4OS2. The molecule has 5 nitrogen and oxygen atoms in total. The van der Waals surface area contributed by atoms with Crippen molar-refractivity contribution in [3.8, 4) is 10.6 Å². The number of carbonyl (C=O) groups is 1. The molecule has 0 unspecified atom stereocenters. The highest BCUT2D eigenvalue weighted by Crippen LogP contribution is 2.28. The lowest BCUT2D eigenvalue weighted by Gasteiger charge is -2.00. The van der Waals surface area contributed by atoms with Gasteiger partial charge in [-0.25, -0.2) is 9.97 Å². The number of carbonyl (C=O) groups excluding carboxylic acids is 1. The Bertz CT molecular complexity index is 719. The van der Waals surface area contributed by atoms with Gasteiger partial charge in [0, 0.05) is 11.6 Å². The maximum Gasteiger partial charge on any atom is 0.277 e. The first-order valence-electron chi connectivity index (χ1n) is 5.82. The van der Waals surface area contributed by atoms with Crippen LogP contribution in [0, 0.1) is 6.92 Å². The molecular weight excluding hydrogens is 292 g/mol. The number of amides is 1. The average Bonchev–Trinajstić information content (AvgIpc) is 3.09. The van der Waals surface area contributed by atoms with Crippen LogP contribution in [0.3, 0.4) is 0 Å². The van der Waals surface area contributed by atoms with Crippen molar-refractivity contribution in [2.45, 2.75) is 6.92 Å². The molecule has 0 spiro atoms. The van der Waals surface area contributed by atoms with Gasteiger partial charge in [-0.15, -0.1) is 22.7 Å². The van der Waals surface area contributed by atoms with E-state index in [1.54, 1.807) is 17.5 Å². The van der Waals surface area contributed by atoms with Crippen molar-refractivity contribution in [2.24, 2.45) is 0 Å². The molecule has 0 aliphatic carbocycles. The van der Waals surface area contributed by atoms with Crippen LogP contribution in [-0.2, 0) is 0 Å². The summed E-state index contributed by atoms with van der Waals surface area (Å²) in [5, 5.41) is 7.20. The van der Waals surface area contributed by atoms with Crippen LogP contribution >= 0.6 is 22.7 Å². The van der Waals surface area contributed by atoms with Crippen LogP contribution in [0.25, 0.3) is 10.6 Å². The molecule has 0 saturated carbocycles. The quantitative estimate of drug-likeness (QED) is 0.806. The largest absolute Gasteiger partial charge is 0.296 e. The molecule has 3 heterocycles. The van der Waals surface area contributed by atoms with Crippen LogP contribution in [0.2, 0.25) is 0 Å². The monoisotopic (exact) mass is 302 g/mol. The molecule has 0 aliphatic heterocycles. The molecule has 0 aliphatic rings. The molecule has 0 aromatic carbocycles. The number of aromatic nitrogens is 3. The van der Waals surface area contributed by atoms with Gasteiger partial charge in [0.1, 0.15) is 5.69 Å². The summed E-state index contributed by atoms with van der Waals surface area (Å²) in [7, 11) is 0. The Kier molecular flexibility index (Phi) is 3.53. The highest BCUT2D eigenvalue weighted by atomic mass is 32.1. The molecule has 20 heavy (non-hydrogen) atoms. The maximum atomic E-state index is 12.0. The van der Waals surface area contributed by atoms with Gasteiger partial charge < -0.3 is 0 Å². The van der Waals surface area contributed by atoms with Crippen LogP contribution in [0.15, 0.2) is 35.3 Å². The minimum atomic E-state index is -0.301. The van der Waals surface area contributed by atoms with Crippen molar-refractivity contribution in [3.05, 3.63) is 46.7 Å². The van der Waals surface area contributed by atoms with E-state index in [4.69, 9.17) is 0 Å². The first-order chi connectivity index (χ1) is 9.72. The molecule has 3 aromatic rings. The average molecular weight is 302 g/mol. The number of thiophene rings is 1. The third-order valence-corrected chi connectivity index (χ3v) is 4.16. The summed E-state index contributed by atoms with van der Waals surface area (Å²) in [6.45, 7) is 1.82. The maximum absolute atomic E-state index is 12.0. The Labute approximate surface area is 123 Å². The number of thiazole rings is 1. The second-order valence-electron chi connectivity index (χ2n) is 4.01. The molecule has 1 amide bonds. The van der Waals surface area contributed by atoms with Crippen LogP contribution < -0.4 is 5.32 Å². The predicted octanol–water partition coefficient (Wildman–Crippen LogP) is 3.22. The predicted molar refractivity (Wildman–Crippen MR) is 80.1 cm³/mol. The molecule has 0 radical (unpaired) electrons. The highest BCUT2D eigenvalue weighted by molar-refractivity contribution is 7.16. The standard InChI is InChI=1S/C13H10N4OS2/c1-8-5-15-9(6-14-8)12(18)17-13-16-10(7-20-13)11-3-2-4-19-11/h2-7H,1H3,(H,16,17,18). The lowest BCUT2D eigenvalue weighted by atomic mass is 10.4. The fraction of sp³-hybridized carbons (Fsp3) is 0.0769. The van der Waals surface area contributed by atoms with E-state index < -0.39 is 0 Å². The zero-order valence-corrected chi connectivity index (χ0v) is 12.2. The van der Waals surface area contributed by atoms with Gasteiger partial charge in [-0.05, 0) is 18.4 Å². The van der Waals surface area contributed by atoms with Gasteiger partial charge >= 0.3 is 0 Å². The molecule has 3 aromatic heterocycles. The lowest BCUT2D eigenvalue weighted by molar-refractivity contribution is 0.102. The second kappa shape index (κ2) is 5.48. The van der Waals surface area contributed by atoms with E-state index in [9.17, 15) is 4.79 Å². The number of hydrogen-bond acceptors (Lipinski definition) is 6. The van der Waals surface area contributed by atoms with Gasteiger partial charge in [-0.2, -0.15) is 0 Å². The third kappa shape index (κ3) is 2.73. The Morgan fingerprint density at radius 3 is 2.85 bits per heavy atom. The summed E-state index contributed by atoms with van der Waals surface area (Å²) in [6, 6.07) is 3.97. The molecule has 3 rings (SSSR count). The summed E-state index contributed by atoms with van der Waals surface area (Å²) in [6.07, 6.45) is 3.02. The summed E-state index contributed by atoms with van der Waals surface area (Å²) >= 11 is 3.00. The van der Waals surface area contributed by atoms with Gasteiger partial charge in [0.2, 0.25) is 0 Å². The van der Waals surface area contributed by atoms with E-state index in [1.807, 2.05) is 29.8 Å². The van der Waals surface area contributed by atoms with Crippen molar-refractivity contribution in [3.63, 3.8) is 0 Å². The Morgan fingerprint density at radius 1 is 1.25 bits per heavy atom. The van der Waals surface area contributed by atoms with Crippen LogP contribution in [-0.4, -0.2) is 20.9 Å². The smallest absolute Gasteiger partial charge is 0.277 e. The SMILES string of the molecule is Cc1cnc(C(=O)Nc2nc(-c3cccs3)cs2)cn1. The van der Waals surface area contributed by atoms with Crippen molar-refractivity contribution < 1.29 is 4.79 Å². The van der Waals surface area contributed by atoms with Gasteiger partial charge in [-0.3, -0.25) is 15.1 Å². The van der Waals surface area contributed by atoms with Gasteiger partial charge in [0.05, 0.1) is 22.5 Å². The molecule has 0 saturated heterocycles. The van der Waals surface area contributed by atoms with Gasteiger partial charge in [0.25, 0.3) is 5.91 Å². The zero-order chi connectivity index (χ0) is 13.9. The number of nitrogens with zero attached hydrogens (tertiary/aromatic N) is 3. The topological polar surface area (TPSA) is 67.8 Å². The number of anilines is 1. The van der Waals surface area contributed by atoms with Gasteiger partial charge in [-0.1, -0.05) is 6.07 Å². The fourth-order valence-corrected chi connectivity index (χ4v) is 3.01. The van der Waals surface area contributed by atoms with E-state index in [-0.39, 0.29) is 11.6 Å². The number of rotatable bonds is 3. The molecule has 0 atom stereocenters. The second-order valence-corrected chi connectivity index (χ2v) is 5.82. The van der Waals surface area contributed by atoms with Gasteiger partial charge in [0.15, 0.2) is 5.13 Å². The van der Waals surface area contributed by atoms with Crippen molar-refractivity contribution in [1.29, 1.82) is 0 Å². The first-order valence-corrected chi connectivity index (χ1v) is 7.58. The van der Waals surface area contributed by atoms with Crippen molar-refractivity contribution >= 4 is 33.7 Å². The molecule has 1 N–H and O–H groups in total. The highest BCUT2D eigenvalue weighted by Gasteiger charge is 2.11. The minimum absolute atomic E-state index is 0.281. The van der Waals surface area contributed by atoms with E-state index in [2.05, 4.69) is 20.3 Å². The first kappa shape index (κ1) is 12.9. The van der Waals surface area contributed by atoms with E-state index in [0.29, 0.717) is 5.13 Å². The van der Waals surface area contributed by atoms with E-state index >= 15 is 0 Å². The zero-order valence-electron chi connectivity index (χ0n) is 10.5. The Balaban J connectivity index is 1.75. The summed E-state index contributed by atoms with van der Waals surface area (Å²) in [5.41, 5.74) is 1.93. The Hall–Kier alpha value is -2.12. The summed E-state index contributed by atoms with van der Waals surface area (Å²) < 4.78 is 0. The Morgan fingerprint density at radius 2 is 2.15 bits per heavy atom. The third-order valence-electron chi connectivity index (χ3n) is 2.51. The number of nitrogens with one attached hydrogen (secondary N) is 1. The summed E-state index contributed by atoms with van der Waals surface area (Å²) in [5.74, 6) is -0.301. The normalized spacial score (nSPS) is 10.4. The molecule has 100 valence electrons. The van der Waals surface area contributed by atoms with Crippen LogP contribution in [0.4, 0.5) is 5.13 Å². The van der Waals surface area contributed by atoms with E-state index in [1.165, 1.54) is 17.5 Å². The fourth-order valence-electron chi connectivity index (χ4n) is 1.54. The number of aryl methyl sites for hydroxylation is 1.